The highest BCUT2D eigenvalue weighted by Gasteiger charge is 2.19. The summed E-state index contributed by atoms with van der Waals surface area (Å²) in [5.74, 6) is -1.92. The first-order valence-electron chi connectivity index (χ1n) is 5.33. The summed E-state index contributed by atoms with van der Waals surface area (Å²) in [6.07, 6.45) is 0.748. The van der Waals surface area contributed by atoms with Crippen LogP contribution < -0.4 is 0 Å². The number of carbonyl (C=O) groups excluding carboxylic acids is 1. The monoisotopic (exact) mass is 241 g/mol. The zero-order chi connectivity index (χ0) is 12.8. The van der Waals surface area contributed by atoms with Crippen LogP contribution in [0.4, 0.5) is 0 Å². The standard InChI is InChI=1S/C11H15NO5/c1-2-5-12(6-7-13)10(14)8-3-4-9(17-8)11(15)16/h3-4,13H,2,5-7H2,1H3,(H,15,16). The Hall–Kier alpha value is -1.82. The van der Waals surface area contributed by atoms with Gasteiger partial charge in [0.05, 0.1) is 6.61 Å². The molecule has 6 nitrogen and oxygen atoms in total. The summed E-state index contributed by atoms with van der Waals surface area (Å²) in [6, 6.07) is 2.56. The van der Waals surface area contributed by atoms with Gasteiger partial charge in [0.25, 0.3) is 5.91 Å². The van der Waals surface area contributed by atoms with Gasteiger partial charge in [0.2, 0.25) is 5.76 Å². The molecule has 0 aliphatic rings. The Balaban J connectivity index is 2.81. The van der Waals surface area contributed by atoms with Crippen molar-refractivity contribution >= 4 is 11.9 Å². The largest absolute Gasteiger partial charge is 0.475 e. The number of nitrogens with zero attached hydrogens (tertiary/aromatic N) is 1. The maximum atomic E-state index is 11.9. The van der Waals surface area contributed by atoms with Crippen LogP contribution in [0, 0.1) is 0 Å². The van der Waals surface area contributed by atoms with E-state index in [1.165, 1.54) is 17.0 Å². The van der Waals surface area contributed by atoms with Crippen LogP contribution in [-0.4, -0.2) is 46.7 Å². The van der Waals surface area contributed by atoms with E-state index in [-0.39, 0.29) is 24.7 Å². The Labute approximate surface area is 98.5 Å². The summed E-state index contributed by atoms with van der Waals surface area (Å²) < 4.78 is 4.91. The predicted molar refractivity (Wildman–Crippen MR) is 58.9 cm³/mol. The zero-order valence-electron chi connectivity index (χ0n) is 9.55. The number of aliphatic hydroxyl groups is 1. The Morgan fingerprint density at radius 3 is 2.41 bits per heavy atom. The van der Waals surface area contributed by atoms with Gasteiger partial charge < -0.3 is 19.5 Å². The minimum Gasteiger partial charge on any atom is -0.475 e. The molecule has 0 spiro atoms. The number of carbonyl (C=O) groups is 2. The Morgan fingerprint density at radius 1 is 1.29 bits per heavy atom. The third-order valence-electron chi connectivity index (χ3n) is 2.18. The lowest BCUT2D eigenvalue weighted by Crippen LogP contribution is -2.34. The molecule has 1 amide bonds. The molecule has 0 unspecified atom stereocenters. The van der Waals surface area contributed by atoms with Gasteiger partial charge >= 0.3 is 5.97 Å². The van der Waals surface area contributed by atoms with E-state index in [9.17, 15) is 9.59 Å². The minimum absolute atomic E-state index is 0.0238. The van der Waals surface area contributed by atoms with Gasteiger partial charge in [0.15, 0.2) is 5.76 Å². The summed E-state index contributed by atoms with van der Waals surface area (Å²) in [7, 11) is 0. The highest BCUT2D eigenvalue weighted by molar-refractivity contribution is 5.93. The lowest BCUT2D eigenvalue weighted by Gasteiger charge is -2.19. The maximum Gasteiger partial charge on any atom is 0.371 e. The Morgan fingerprint density at radius 2 is 1.94 bits per heavy atom. The summed E-state index contributed by atoms with van der Waals surface area (Å²) in [5.41, 5.74) is 0. The number of carboxylic acids is 1. The lowest BCUT2D eigenvalue weighted by atomic mass is 10.3. The van der Waals surface area contributed by atoms with Crippen LogP contribution in [-0.2, 0) is 0 Å². The summed E-state index contributed by atoms with van der Waals surface area (Å²) in [4.78, 5) is 23.9. The molecule has 2 N–H and O–H groups in total. The first-order chi connectivity index (χ1) is 8.10. The van der Waals surface area contributed by atoms with Gasteiger partial charge in [-0.05, 0) is 18.6 Å². The first kappa shape index (κ1) is 13.2. The highest BCUT2D eigenvalue weighted by Crippen LogP contribution is 2.11. The number of hydrogen-bond donors (Lipinski definition) is 2. The van der Waals surface area contributed by atoms with Crippen molar-refractivity contribution in [2.45, 2.75) is 13.3 Å². The van der Waals surface area contributed by atoms with Crippen molar-refractivity contribution in [3.63, 3.8) is 0 Å². The molecule has 0 bridgehead atoms. The van der Waals surface area contributed by atoms with Crippen LogP contribution in [0.3, 0.4) is 0 Å². The van der Waals surface area contributed by atoms with Gasteiger partial charge in [0.1, 0.15) is 0 Å². The summed E-state index contributed by atoms with van der Waals surface area (Å²) in [6.45, 7) is 2.46. The topological polar surface area (TPSA) is 91.0 Å². The van der Waals surface area contributed by atoms with E-state index in [4.69, 9.17) is 14.6 Å². The van der Waals surface area contributed by atoms with E-state index in [0.717, 1.165) is 6.42 Å². The molecule has 1 heterocycles. The van der Waals surface area contributed by atoms with Crippen molar-refractivity contribution in [3.05, 3.63) is 23.7 Å². The molecule has 94 valence electrons. The second-order valence-corrected chi connectivity index (χ2v) is 3.48. The van der Waals surface area contributed by atoms with Crippen LogP contribution in [0.2, 0.25) is 0 Å². The SMILES string of the molecule is CCCN(CCO)C(=O)c1ccc(C(=O)O)o1. The smallest absolute Gasteiger partial charge is 0.371 e. The molecule has 0 aromatic carbocycles. The van der Waals surface area contributed by atoms with Crippen molar-refractivity contribution < 1.29 is 24.2 Å². The predicted octanol–water partition coefficient (Wildman–Crippen LogP) is 0.822. The van der Waals surface area contributed by atoms with E-state index in [0.29, 0.717) is 6.54 Å². The molecule has 0 aliphatic heterocycles. The van der Waals surface area contributed by atoms with Gasteiger partial charge in [-0.2, -0.15) is 0 Å². The van der Waals surface area contributed by atoms with E-state index >= 15 is 0 Å². The van der Waals surface area contributed by atoms with Crippen LogP contribution >= 0.6 is 0 Å². The number of furan rings is 1. The molecule has 0 saturated heterocycles. The normalized spacial score (nSPS) is 10.2. The number of aromatic carboxylic acids is 1. The number of rotatable bonds is 6. The molecule has 1 aromatic rings. The van der Waals surface area contributed by atoms with Gasteiger partial charge in [-0.15, -0.1) is 0 Å². The summed E-state index contributed by atoms with van der Waals surface area (Å²) in [5, 5.41) is 17.5. The third-order valence-corrected chi connectivity index (χ3v) is 2.18. The number of carboxylic acid groups (broad SMARTS) is 1. The Kier molecular flexibility index (Phi) is 4.71. The van der Waals surface area contributed by atoms with E-state index < -0.39 is 11.9 Å². The molecular formula is C11H15NO5. The van der Waals surface area contributed by atoms with Gasteiger partial charge in [-0.25, -0.2) is 4.79 Å². The summed E-state index contributed by atoms with van der Waals surface area (Å²) >= 11 is 0. The van der Waals surface area contributed by atoms with Crippen molar-refractivity contribution in [1.29, 1.82) is 0 Å². The van der Waals surface area contributed by atoms with Crippen LogP contribution in [0.1, 0.15) is 34.5 Å². The van der Waals surface area contributed by atoms with Crippen molar-refractivity contribution in [2.75, 3.05) is 19.7 Å². The fourth-order valence-electron chi connectivity index (χ4n) is 1.43. The molecule has 0 aliphatic carbocycles. The minimum atomic E-state index is -1.21. The van der Waals surface area contributed by atoms with Crippen LogP contribution in [0.5, 0.6) is 0 Å². The number of hydrogen-bond acceptors (Lipinski definition) is 4. The molecule has 0 fully saturated rings. The number of amides is 1. The molecule has 0 atom stereocenters. The third kappa shape index (κ3) is 3.32. The van der Waals surface area contributed by atoms with Gasteiger partial charge in [-0.3, -0.25) is 4.79 Å². The van der Waals surface area contributed by atoms with E-state index in [1.54, 1.807) is 0 Å². The molecule has 0 radical (unpaired) electrons. The highest BCUT2D eigenvalue weighted by atomic mass is 16.4. The average molecular weight is 241 g/mol. The van der Waals surface area contributed by atoms with Crippen molar-refractivity contribution in [3.8, 4) is 0 Å². The number of aliphatic hydroxyl groups excluding tert-OH is 1. The fourth-order valence-corrected chi connectivity index (χ4v) is 1.43. The van der Waals surface area contributed by atoms with Crippen molar-refractivity contribution in [1.82, 2.24) is 4.90 Å². The van der Waals surface area contributed by atoms with Crippen molar-refractivity contribution in [2.24, 2.45) is 0 Å². The molecular weight excluding hydrogens is 226 g/mol. The van der Waals surface area contributed by atoms with Crippen LogP contribution in [0.25, 0.3) is 0 Å². The van der Waals surface area contributed by atoms with Gasteiger partial charge in [-0.1, -0.05) is 6.92 Å². The Bertz CT molecular complexity index is 392. The van der Waals surface area contributed by atoms with E-state index in [2.05, 4.69) is 0 Å². The lowest BCUT2D eigenvalue weighted by molar-refractivity contribution is 0.0641. The molecule has 1 aromatic heterocycles. The van der Waals surface area contributed by atoms with Gasteiger partial charge in [0, 0.05) is 13.1 Å². The first-order valence-corrected chi connectivity index (χ1v) is 5.33. The molecule has 6 heteroatoms. The zero-order valence-corrected chi connectivity index (χ0v) is 9.55. The molecule has 1 rings (SSSR count). The maximum absolute atomic E-state index is 11.9. The average Bonchev–Trinajstić information content (AvgIpc) is 2.77. The van der Waals surface area contributed by atoms with E-state index in [1.807, 2.05) is 6.92 Å². The second kappa shape index (κ2) is 6.05. The fraction of sp³-hybridized carbons (Fsp3) is 0.455. The molecule has 17 heavy (non-hydrogen) atoms. The second-order valence-electron chi connectivity index (χ2n) is 3.48. The van der Waals surface area contributed by atoms with Crippen LogP contribution in [0.15, 0.2) is 16.5 Å². The quantitative estimate of drug-likeness (QED) is 0.769. The molecule has 0 saturated carbocycles.